The number of aromatic nitrogens is 2. The van der Waals surface area contributed by atoms with Crippen molar-refractivity contribution >= 4 is 16.6 Å². The number of pyridine rings is 1. The molecule has 3 heteroatoms. The largest absolute Gasteiger partial charge is 0.268 e. The van der Waals surface area contributed by atoms with Crippen molar-refractivity contribution in [2.45, 2.75) is 6.92 Å². The molecule has 0 saturated carbocycles. The summed E-state index contributed by atoms with van der Waals surface area (Å²) in [5, 5.41) is 0.658. The van der Waals surface area contributed by atoms with Crippen LogP contribution in [0.3, 0.4) is 0 Å². The van der Waals surface area contributed by atoms with Gasteiger partial charge < -0.3 is 0 Å². The van der Waals surface area contributed by atoms with Gasteiger partial charge in [-0.25, -0.2) is 4.98 Å². The minimum absolute atomic E-state index is 0.00991. The van der Waals surface area contributed by atoms with E-state index >= 15 is 0 Å². The first-order chi connectivity index (χ1) is 7.75. The standard InChI is InChI=1S/C13H10N2O/c1-9-6-7-12-14-11-5-3-2-4-10(11)13(16)15(12)8-9/h2-8H,1H3. The number of hydrogen-bond acceptors (Lipinski definition) is 2. The number of nitrogens with zero attached hydrogens (tertiary/aromatic N) is 2. The summed E-state index contributed by atoms with van der Waals surface area (Å²) < 4.78 is 1.59. The lowest BCUT2D eigenvalue weighted by Crippen LogP contribution is -2.15. The Hall–Kier alpha value is -2.16. The van der Waals surface area contributed by atoms with Gasteiger partial charge in [0.15, 0.2) is 0 Å². The Morgan fingerprint density at radius 3 is 2.81 bits per heavy atom. The van der Waals surface area contributed by atoms with E-state index in [-0.39, 0.29) is 5.56 Å². The Kier molecular flexibility index (Phi) is 1.80. The molecule has 0 N–H and O–H groups in total. The fraction of sp³-hybridized carbons (Fsp3) is 0.0769. The predicted octanol–water partition coefficient (Wildman–Crippen LogP) is 2.16. The van der Waals surface area contributed by atoms with Gasteiger partial charge in [0.2, 0.25) is 0 Å². The summed E-state index contributed by atoms with van der Waals surface area (Å²) in [5.41, 5.74) is 2.47. The molecular weight excluding hydrogens is 200 g/mol. The van der Waals surface area contributed by atoms with Gasteiger partial charge in [0, 0.05) is 6.20 Å². The summed E-state index contributed by atoms with van der Waals surface area (Å²) >= 11 is 0. The quantitative estimate of drug-likeness (QED) is 0.533. The van der Waals surface area contributed by atoms with E-state index in [2.05, 4.69) is 4.98 Å². The highest BCUT2D eigenvalue weighted by molar-refractivity contribution is 5.79. The molecule has 1 aromatic carbocycles. The van der Waals surface area contributed by atoms with E-state index in [1.54, 1.807) is 10.5 Å². The first-order valence-electron chi connectivity index (χ1n) is 5.13. The number of para-hydroxylation sites is 1. The van der Waals surface area contributed by atoms with Crippen LogP contribution >= 0.6 is 0 Å². The number of benzene rings is 1. The average Bonchev–Trinajstić information content (AvgIpc) is 2.31. The maximum atomic E-state index is 12.2. The molecule has 0 unspecified atom stereocenters. The summed E-state index contributed by atoms with van der Waals surface area (Å²) in [6.45, 7) is 1.96. The lowest BCUT2D eigenvalue weighted by atomic mass is 10.2. The smallest absolute Gasteiger partial charge is 0.265 e. The Morgan fingerprint density at radius 1 is 1.12 bits per heavy atom. The lowest BCUT2D eigenvalue weighted by molar-refractivity contribution is 1.06. The summed E-state index contributed by atoms with van der Waals surface area (Å²) in [7, 11) is 0. The average molecular weight is 210 g/mol. The molecular formula is C13H10N2O. The minimum Gasteiger partial charge on any atom is -0.268 e. The van der Waals surface area contributed by atoms with Crippen molar-refractivity contribution in [3.8, 4) is 0 Å². The van der Waals surface area contributed by atoms with E-state index in [4.69, 9.17) is 0 Å². The number of rotatable bonds is 0. The van der Waals surface area contributed by atoms with Gasteiger partial charge in [0.1, 0.15) is 5.65 Å². The highest BCUT2D eigenvalue weighted by Gasteiger charge is 2.03. The van der Waals surface area contributed by atoms with Crippen molar-refractivity contribution in [1.82, 2.24) is 9.38 Å². The van der Waals surface area contributed by atoms with Crippen molar-refractivity contribution in [2.24, 2.45) is 0 Å². The number of hydrogen-bond donors (Lipinski definition) is 0. The van der Waals surface area contributed by atoms with E-state index in [1.165, 1.54) is 0 Å². The second kappa shape index (κ2) is 3.17. The molecule has 3 rings (SSSR count). The van der Waals surface area contributed by atoms with Gasteiger partial charge in [0.05, 0.1) is 10.9 Å². The molecule has 0 aliphatic rings. The second-order valence-electron chi connectivity index (χ2n) is 3.87. The molecule has 16 heavy (non-hydrogen) atoms. The molecule has 0 bridgehead atoms. The highest BCUT2D eigenvalue weighted by atomic mass is 16.1. The van der Waals surface area contributed by atoms with E-state index in [0.717, 1.165) is 11.1 Å². The summed E-state index contributed by atoms with van der Waals surface area (Å²) in [4.78, 5) is 16.6. The molecule has 0 fully saturated rings. The molecule has 2 aromatic heterocycles. The van der Waals surface area contributed by atoms with Gasteiger partial charge in [-0.2, -0.15) is 0 Å². The molecule has 0 aliphatic heterocycles. The highest BCUT2D eigenvalue weighted by Crippen LogP contribution is 2.09. The molecule has 3 nitrogen and oxygen atoms in total. The molecule has 78 valence electrons. The predicted molar refractivity (Wildman–Crippen MR) is 63.7 cm³/mol. The number of fused-ring (bicyclic) bond motifs is 2. The van der Waals surface area contributed by atoms with Crippen LogP contribution in [0, 0.1) is 6.92 Å². The Bertz CT molecular complexity index is 744. The van der Waals surface area contributed by atoms with Crippen LogP contribution in [0.4, 0.5) is 0 Å². The van der Waals surface area contributed by atoms with Gasteiger partial charge in [-0.1, -0.05) is 18.2 Å². The second-order valence-corrected chi connectivity index (χ2v) is 3.87. The third kappa shape index (κ3) is 1.21. The summed E-state index contributed by atoms with van der Waals surface area (Å²) in [6.07, 6.45) is 1.82. The SMILES string of the molecule is Cc1ccc2nc3ccccc3c(=O)n2c1. The van der Waals surface area contributed by atoms with Crippen LogP contribution in [0.5, 0.6) is 0 Å². The lowest BCUT2D eigenvalue weighted by Gasteiger charge is -2.03. The Labute approximate surface area is 92.0 Å². The molecule has 2 heterocycles. The zero-order chi connectivity index (χ0) is 11.1. The van der Waals surface area contributed by atoms with E-state index in [0.29, 0.717) is 11.0 Å². The van der Waals surface area contributed by atoms with Crippen molar-refractivity contribution < 1.29 is 0 Å². The topological polar surface area (TPSA) is 34.4 Å². The zero-order valence-corrected chi connectivity index (χ0v) is 8.84. The molecule has 3 aromatic rings. The van der Waals surface area contributed by atoms with Crippen LogP contribution in [0.1, 0.15) is 5.56 Å². The van der Waals surface area contributed by atoms with Crippen LogP contribution in [-0.4, -0.2) is 9.38 Å². The van der Waals surface area contributed by atoms with E-state index in [1.807, 2.05) is 43.5 Å². The Balaban J connectivity index is 2.61. The number of aryl methyl sites for hydroxylation is 1. The van der Waals surface area contributed by atoms with Crippen LogP contribution < -0.4 is 5.56 Å². The van der Waals surface area contributed by atoms with Crippen molar-refractivity contribution in [2.75, 3.05) is 0 Å². The normalized spacial score (nSPS) is 11.1. The maximum Gasteiger partial charge on any atom is 0.265 e. The molecule has 0 aliphatic carbocycles. The third-order valence-electron chi connectivity index (χ3n) is 2.66. The fourth-order valence-corrected chi connectivity index (χ4v) is 1.86. The van der Waals surface area contributed by atoms with Crippen LogP contribution in [0.2, 0.25) is 0 Å². The van der Waals surface area contributed by atoms with Crippen LogP contribution in [0.15, 0.2) is 47.4 Å². The molecule has 0 radical (unpaired) electrons. The van der Waals surface area contributed by atoms with E-state index < -0.39 is 0 Å². The van der Waals surface area contributed by atoms with Gasteiger partial charge in [-0.15, -0.1) is 0 Å². The van der Waals surface area contributed by atoms with Gasteiger partial charge in [-0.05, 0) is 30.7 Å². The first kappa shape index (κ1) is 9.09. The van der Waals surface area contributed by atoms with Crippen molar-refractivity contribution in [3.05, 3.63) is 58.5 Å². The maximum absolute atomic E-state index is 12.2. The van der Waals surface area contributed by atoms with Crippen molar-refractivity contribution in [1.29, 1.82) is 0 Å². The summed E-state index contributed by atoms with van der Waals surface area (Å²) in [5.74, 6) is 0. The zero-order valence-electron chi connectivity index (χ0n) is 8.84. The minimum atomic E-state index is -0.00991. The first-order valence-corrected chi connectivity index (χ1v) is 5.13. The molecule has 0 spiro atoms. The monoisotopic (exact) mass is 210 g/mol. The molecule has 0 atom stereocenters. The summed E-state index contributed by atoms with van der Waals surface area (Å²) in [6, 6.07) is 11.2. The van der Waals surface area contributed by atoms with Crippen LogP contribution in [0.25, 0.3) is 16.6 Å². The van der Waals surface area contributed by atoms with Gasteiger partial charge >= 0.3 is 0 Å². The molecule has 0 saturated heterocycles. The Morgan fingerprint density at radius 2 is 1.94 bits per heavy atom. The van der Waals surface area contributed by atoms with Gasteiger partial charge in [-0.3, -0.25) is 9.20 Å². The van der Waals surface area contributed by atoms with Crippen molar-refractivity contribution in [3.63, 3.8) is 0 Å². The van der Waals surface area contributed by atoms with E-state index in [9.17, 15) is 4.79 Å². The molecule has 0 amide bonds. The fourth-order valence-electron chi connectivity index (χ4n) is 1.86. The third-order valence-corrected chi connectivity index (χ3v) is 2.66. The van der Waals surface area contributed by atoms with Crippen LogP contribution in [-0.2, 0) is 0 Å². The van der Waals surface area contributed by atoms with Gasteiger partial charge in [0.25, 0.3) is 5.56 Å².